The van der Waals surface area contributed by atoms with E-state index in [2.05, 4.69) is 0 Å². The molecule has 0 aliphatic carbocycles. The first-order chi connectivity index (χ1) is 9.66. The highest BCUT2D eigenvalue weighted by atomic mass is 32.2. The summed E-state index contributed by atoms with van der Waals surface area (Å²) < 4.78 is 60.9. The van der Waals surface area contributed by atoms with Gasteiger partial charge in [-0.1, -0.05) is 12.1 Å². The molecular formula is C12H16F3N3O2S. The van der Waals surface area contributed by atoms with Gasteiger partial charge in [0.25, 0.3) is 10.2 Å². The molecule has 5 nitrogen and oxygen atoms in total. The maximum atomic E-state index is 12.4. The van der Waals surface area contributed by atoms with E-state index in [4.69, 9.17) is 5.14 Å². The molecular weight excluding hydrogens is 307 g/mol. The monoisotopic (exact) mass is 323 g/mol. The van der Waals surface area contributed by atoms with Gasteiger partial charge in [-0.15, -0.1) is 0 Å². The molecule has 2 N–H and O–H groups in total. The van der Waals surface area contributed by atoms with E-state index in [9.17, 15) is 21.6 Å². The Morgan fingerprint density at radius 3 is 2.00 bits per heavy atom. The van der Waals surface area contributed by atoms with Crippen LogP contribution in [-0.2, 0) is 22.9 Å². The van der Waals surface area contributed by atoms with E-state index in [-0.39, 0.29) is 0 Å². The van der Waals surface area contributed by atoms with Gasteiger partial charge in [-0.25, -0.2) is 5.14 Å². The smallest absolute Gasteiger partial charge is 0.296 e. The second-order valence-corrected chi connectivity index (χ2v) is 6.46. The van der Waals surface area contributed by atoms with Crippen molar-refractivity contribution < 1.29 is 21.6 Å². The fourth-order valence-electron chi connectivity index (χ4n) is 2.20. The Bertz CT molecular complexity index is 579. The van der Waals surface area contributed by atoms with E-state index >= 15 is 0 Å². The lowest BCUT2D eigenvalue weighted by atomic mass is 10.1. The zero-order chi connectivity index (χ0) is 15.7. The fraction of sp³-hybridized carbons (Fsp3) is 0.500. The van der Waals surface area contributed by atoms with Gasteiger partial charge in [0.15, 0.2) is 0 Å². The molecule has 1 aromatic carbocycles. The van der Waals surface area contributed by atoms with Crippen molar-refractivity contribution in [2.75, 3.05) is 26.2 Å². The summed E-state index contributed by atoms with van der Waals surface area (Å²) in [6, 6.07) is 4.98. The minimum absolute atomic E-state index is 0.291. The van der Waals surface area contributed by atoms with Crippen molar-refractivity contribution in [1.82, 2.24) is 9.21 Å². The van der Waals surface area contributed by atoms with E-state index in [1.807, 2.05) is 4.90 Å². The van der Waals surface area contributed by atoms with Gasteiger partial charge < -0.3 is 0 Å². The van der Waals surface area contributed by atoms with E-state index in [1.165, 1.54) is 16.4 Å². The van der Waals surface area contributed by atoms with Crippen LogP contribution < -0.4 is 5.14 Å². The number of nitrogens with two attached hydrogens (primary N) is 1. The standard InChI is InChI=1S/C12H16F3N3O2S/c13-12(14,15)11-3-1-10(2-4-11)9-17-5-7-18(8-6-17)21(16,19)20/h1-4H,5-9H2,(H2,16,19,20). The van der Waals surface area contributed by atoms with Crippen LogP contribution in [0.2, 0.25) is 0 Å². The van der Waals surface area contributed by atoms with Gasteiger partial charge in [0.1, 0.15) is 0 Å². The van der Waals surface area contributed by atoms with Gasteiger partial charge in [0.05, 0.1) is 5.56 Å². The molecule has 9 heteroatoms. The first-order valence-corrected chi connectivity index (χ1v) is 7.83. The molecule has 0 bridgehead atoms. The van der Waals surface area contributed by atoms with Crippen LogP contribution in [0.5, 0.6) is 0 Å². The summed E-state index contributed by atoms with van der Waals surface area (Å²) in [6.45, 7) is 2.06. The molecule has 1 aliphatic heterocycles. The van der Waals surface area contributed by atoms with Gasteiger partial charge >= 0.3 is 6.18 Å². The Hall–Kier alpha value is -1.16. The lowest BCUT2D eigenvalue weighted by Crippen LogP contribution is -2.50. The highest BCUT2D eigenvalue weighted by Crippen LogP contribution is 2.29. The molecule has 2 rings (SSSR count). The van der Waals surface area contributed by atoms with E-state index < -0.39 is 21.9 Å². The van der Waals surface area contributed by atoms with Crippen LogP contribution in [0, 0.1) is 0 Å². The van der Waals surface area contributed by atoms with Crippen molar-refractivity contribution in [3.8, 4) is 0 Å². The molecule has 0 saturated carbocycles. The number of nitrogens with zero attached hydrogens (tertiary/aromatic N) is 2. The van der Waals surface area contributed by atoms with Gasteiger partial charge in [0, 0.05) is 32.7 Å². The predicted octanol–water partition coefficient (Wildman–Crippen LogP) is 1.03. The highest BCUT2D eigenvalue weighted by Gasteiger charge is 2.30. The van der Waals surface area contributed by atoms with Crippen LogP contribution in [0.15, 0.2) is 24.3 Å². The van der Waals surface area contributed by atoms with E-state index in [0.717, 1.165) is 17.7 Å². The zero-order valence-electron chi connectivity index (χ0n) is 11.2. The molecule has 1 saturated heterocycles. The third-order valence-corrected chi connectivity index (χ3v) is 4.46. The van der Waals surface area contributed by atoms with Crippen molar-refractivity contribution in [1.29, 1.82) is 0 Å². The summed E-state index contributed by atoms with van der Waals surface area (Å²) in [4.78, 5) is 1.98. The molecule has 21 heavy (non-hydrogen) atoms. The number of piperazine rings is 1. The van der Waals surface area contributed by atoms with Crippen molar-refractivity contribution >= 4 is 10.2 Å². The second-order valence-electron chi connectivity index (χ2n) is 4.91. The van der Waals surface area contributed by atoms with Crippen molar-refractivity contribution in [3.05, 3.63) is 35.4 Å². The summed E-state index contributed by atoms with van der Waals surface area (Å²) in [5.74, 6) is 0. The zero-order valence-corrected chi connectivity index (χ0v) is 12.0. The van der Waals surface area contributed by atoms with Crippen molar-refractivity contribution in [2.45, 2.75) is 12.7 Å². The lowest BCUT2D eigenvalue weighted by Gasteiger charge is -2.32. The molecule has 1 aromatic rings. The van der Waals surface area contributed by atoms with Crippen LogP contribution in [0.4, 0.5) is 13.2 Å². The first-order valence-electron chi connectivity index (χ1n) is 6.32. The number of halogens is 3. The Morgan fingerprint density at radius 1 is 1.05 bits per heavy atom. The SMILES string of the molecule is NS(=O)(=O)N1CCN(Cc2ccc(C(F)(F)F)cc2)CC1. The third kappa shape index (κ3) is 4.40. The molecule has 0 aromatic heterocycles. The maximum absolute atomic E-state index is 12.4. The molecule has 0 unspecified atom stereocenters. The predicted molar refractivity (Wildman–Crippen MR) is 71.4 cm³/mol. The molecule has 0 amide bonds. The average molecular weight is 323 g/mol. The average Bonchev–Trinajstić information content (AvgIpc) is 2.38. The Balaban J connectivity index is 1.92. The minimum Gasteiger partial charge on any atom is -0.296 e. The number of hydrogen-bond acceptors (Lipinski definition) is 3. The van der Waals surface area contributed by atoms with Gasteiger partial charge in [-0.3, -0.25) is 4.90 Å². The maximum Gasteiger partial charge on any atom is 0.416 e. The van der Waals surface area contributed by atoms with Gasteiger partial charge in [-0.2, -0.15) is 25.9 Å². The number of hydrogen-bond donors (Lipinski definition) is 1. The molecule has 0 radical (unpaired) electrons. The van der Waals surface area contributed by atoms with Crippen molar-refractivity contribution in [3.63, 3.8) is 0 Å². The highest BCUT2D eigenvalue weighted by molar-refractivity contribution is 7.86. The topological polar surface area (TPSA) is 66.6 Å². The number of benzene rings is 1. The van der Waals surface area contributed by atoms with Crippen LogP contribution >= 0.6 is 0 Å². The third-order valence-electron chi connectivity index (χ3n) is 3.38. The van der Waals surface area contributed by atoms with Crippen LogP contribution in [-0.4, -0.2) is 43.8 Å². The minimum atomic E-state index is -4.33. The summed E-state index contributed by atoms with van der Waals surface area (Å²) in [7, 11) is -3.66. The number of rotatable bonds is 3. The second kappa shape index (κ2) is 5.91. The quantitative estimate of drug-likeness (QED) is 0.903. The van der Waals surface area contributed by atoms with Crippen LogP contribution in [0.3, 0.4) is 0 Å². The van der Waals surface area contributed by atoms with Crippen LogP contribution in [0.25, 0.3) is 0 Å². The molecule has 0 atom stereocenters. The van der Waals surface area contributed by atoms with Crippen LogP contribution in [0.1, 0.15) is 11.1 Å². The molecule has 1 aliphatic rings. The number of alkyl halides is 3. The van der Waals surface area contributed by atoms with Gasteiger partial charge in [0.2, 0.25) is 0 Å². The Labute approximate surface area is 121 Å². The van der Waals surface area contributed by atoms with Crippen molar-refractivity contribution in [2.24, 2.45) is 5.14 Å². The Kier molecular flexibility index (Phi) is 4.57. The summed E-state index contributed by atoms with van der Waals surface area (Å²) >= 11 is 0. The van der Waals surface area contributed by atoms with Gasteiger partial charge in [-0.05, 0) is 17.7 Å². The summed E-state index contributed by atoms with van der Waals surface area (Å²) in [6.07, 6.45) is -4.33. The molecule has 1 heterocycles. The molecule has 1 fully saturated rings. The fourth-order valence-corrected chi connectivity index (χ4v) is 2.87. The molecule has 0 spiro atoms. The first kappa shape index (κ1) is 16.2. The van der Waals surface area contributed by atoms with E-state index in [1.54, 1.807) is 0 Å². The lowest BCUT2D eigenvalue weighted by molar-refractivity contribution is -0.137. The largest absolute Gasteiger partial charge is 0.416 e. The summed E-state index contributed by atoms with van der Waals surface area (Å²) in [5, 5.41) is 5.04. The summed E-state index contributed by atoms with van der Waals surface area (Å²) in [5.41, 5.74) is 0.0809. The Morgan fingerprint density at radius 2 is 1.57 bits per heavy atom. The van der Waals surface area contributed by atoms with E-state index in [0.29, 0.717) is 32.7 Å². The normalized spacial score (nSPS) is 18.9. The molecule has 118 valence electrons.